The van der Waals surface area contributed by atoms with Crippen molar-refractivity contribution in [2.75, 3.05) is 18.0 Å². The van der Waals surface area contributed by atoms with E-state index in [0.29, 0.717) is 11.8 Å². The van der Waals surface area contributed by atoms with Crippen LogP contribution in [0.25, 0.3) is 0 Å². The second-order valence-corrected chi connectivity index (χ2v) is 6.78. The van der Waals surface area contributed by atoms with Gasteiger partial charge in [0.05, 0.1) is 10.6 Å². The maximum atomic E-state index is 6.22. The highest BCUT2D eigenvalue weighted by Crippen LogP contribution is 2.40. The van der Waals surface area contributed by atoms with Crippen molar-refractivity contribution >= 4 is 28.5 Å². The molecular formula is C17H19N3S. The Morgan fingerprint density at radius 3 is 2.81 bits per heavy atom. The number of nitrogens with zero attached hydrogens (tertiary/aromatic N) is 2. The van der Waals surface area contributed by atoms with E-state index in [-0.39, 0.29) is 0 Å². The van der Waals surface area contributed by atoms with Gasteiger partial charge in [-0.25, -0.2) is 4.99 Å². The minimum atomic E-state index is 0.346. The van der Waals surface area contributed by atoms with Crippen molar-refractivity contribution in [3.8, 4) is 0 Å². The molecule has 108 valence electrons. The number of nitrogens with two attached hydrogens (primary N) is 1. The molecule has 0 aliphatic carbocycles. The van der Waals surface area contributed by atoms with Crippen LogP contribution in [0, 0.1) is 0 Å². The Morgan fingerprint density at radius 2 is 2.00 bits per heavy atom. The first kappa shape index (κ1) is 12.9. The van der Waals surface area contributed by atoms with Crippen molar-refractivity contribution in [2.24, 2.45) is 10.7 Å². The van der Waals surface area contributed by atoms with Gasteiger partial charge in [0.1, 0.15) is 5.84 Å². The van der Waals surface area contributed by atoms with Gasteiger partial charge < -0.3 is 10.6 Å². The SMILES string of the molecule is CC1c2ccc(N3CCCC3)cc2N=C(N)c2sccc21. The van der Waals surface area contributed by atoms with Crippen molar-refractivity contribution in [2.45, 2.75) is 25.7 Å². The number of anilines is 1. The second-order valence-electron chi connectivity index (χ2n) is 5.86. The number of thiophene rings is 1. The third kappa shape index (κ3) is 2.05. The largest absolute Gasteiger partial charge is 0.382 e. The summed E-state index contributed by atoms with van der Waals surface area (Å²) in [6.45, 7) is 4.55. The Hall–Kier alpha value is -1.81. The van der Waals surface area contributed by atoms with Gasteiger partial charge in [0.25, 0.3) is 0 Å². The van der Waals surface area contributed by atoms with E-state index in [1.165, 1.54) is 29.7 Å². The van der Waals surface area contributed by atoms with Crippen molar-refractivity contribution in [1.82, 2.24) is 0 Å². The Kier molecular flexibility index (Phi) is 3.00. The second kappa shape index (κ2) is 4.88. The number of hydrogen-bond acceptors (Lipinski definition) is 4. The van der Waals surface area contributed by atoms with Gasteiger partial charge in [-0.2, -0.15) is 0 Å². The molecule has 2 N–H and O–H groups in total. The molecule has 3 nitrogen and oxygen atoms in total. The van der Waals surface area contributed by atoms with Gasteiger partial charge in [-0.15, -0.1) is 11.3 Å². The van der Waals surface area contributed by atoms with Gasteiger partial charge in [0.2, 0.25) is 0 Å². The molecule has 1 unspecified atom stereocenters. The zero-order valence-corrected chi connectivity index (χ0v) is 13.0. The zero-order chi connectivity index (χ0) is 14.4. The van der Waals surface area contributed by atoms with Gasteiger partial charge in [0, 0.05) is 24.7 Å². The normalized spacial score (nSPS) is 20.7. The highest BCUT2D eigenvalue weighted by molar-refractivity contribution is 7.12. The summed E-state index contributed by atoms with van der Waals surface area (Å²) < 4.78 is 0. The molecule has 0 spiro atoms. The molecule has 1 atom stereocenters. The number of benzene rings is 1. The van der Waals surface area contributed by atoms with Crippen LogP contribution in [-0.4, -0.2) is 18.9 Å². The van der Waals surface area contributed by atoms with E-state index in [2.05, 4.69) is 41.5 Å². The Morgan fingerprint density at radius 1 is 1.19 bits per heavy atom. The molecule has 2 aliphatic rings. The van der Waals surface area contributed by atoms with E-state index in [1.54, 1.807) is 11.3 Å². The Labute approximate surface area is 129 Å². The van der Waals surface area contributed by atoms with Crippen LogP contribution in [0.15, 0.2) is 34.6 Å². The Bertz CT molecular complexity index is 711. The summed E-state index contributed by atoms with van der Waals surface area (Å²) in [4.78, 5) is 8.28. The van der Waals surface area contributed by atoms with Crippen LogP contribution in [-0.2, 0) is 0 Å². The molecule has 2 aliphatic heterocycles. The van der Waals surface area contributed by atoms with Crippen LogP contribution in [0.4, 0.5) is 11.4 Å². The van der Waals surface area contributed by atoms with Gasteiger partial charge in [0.15, 0.2) is 0 Å². The van der Waals surface area contributed by atoms with E-state index in [9.17, 15) is 0 Å². The van der Waals surface area contributed by atoms with Gasteiger partial charge >= 0.3 is 0 Å². The summed E-state index contributed by atoms with van der Waals surface area (Å²) >= 11 is 1.68. The maximum Gasteiger partial charge on any atom is 0.141 e. The fourth-order valence-corrected chi connectivity index (χ4v) is 4.28. The molecule has 0 saturated carbocycles. The summed E-state index contributed by atoms with van der Waals surface area (Å²) in [5.74, 6) is 1.00. The molecule has 21 heavy (non-hydrogen) atoms. The number of aliphatic imine (C=N–C) groups is 1. The average molecular weight is 297 g/mol. The predicted octanol–water partition coefficient (Wildman–Crippen LogP) is 3.85. The molecule has 4 heteroatoms. The minimum Gasteiger partial charge on any atom is -0.382 e. The lowest BCUT2D eigenvalue weighted by Crippen LogP contribution is -2.17. The maximum absolute atomic E-state index is 6.22. The van der Waals surface area contributed by atoms with Crippen LogP contribution in [0.3, 0.4) is 0 Å². The molecule has 0 amide bonds. The monoisotopic (exact) mass is 297 g/mol. The topological polar surface area (TPSA) is 41.6 Å². The fourth-order valence-electron chi connectivity index (χ4n) is 3.38. The van der Waals surface area contributed by atoms with Crippen LogP contribution in [0.1, 0.15) is 41.7 Å². The van der Waals surface area contributed by atoms with E-state index in [1.807, 2.05) is 0 Å². The van der Waals surface area contributed by atoms with E-state index < -0.39 is 0 Å². The molecule has 0 bridgehead atoms. The van der Waals surface area contributed by atoms with E-state index in [0.717, 1.165) is 23.7 Å². The van der Waals surface area contributed by atoms with Crippen LogP contribution in [0.2, 0.25) is 0 Å². The first-order chi connectivity index (χ1) is 10.2. The summed E-state index contributed by atoms with van der Waals surface area (Å²) in [6, 6.07) is 8.86. The predicted molar refractivity (Wildman–Crippen MR) is 90.1 cm³/mol. The Balaban J connectivity index is 1.83. The molecule has 1 aromatic heterocycles. The van der Waals surface area contributed by atoms with E-state index in [4.69, 9.17) is 10.7 Å². The standard InChI is InChI=1S/C17H19N3S/c1-11-13-5-4-12(20-7-2-3-8-20)10-15(13)19-17(18)16-14(11)6-9-21-16/h4-6,9-11H,2-3,7-8H2,1H3,(H2,18,19). The van der Waals surface area contributed by atoms with Gasteiger partial charge in [-0.05, 0) is 47.5 Å². The third-order valence-electron chi connectivity index (χ3n) is 4.59. The quantitative estimate of drug-likeness (QED) is 0.868. The smallest absolute Gasteiger partial charge is 0.141 e. The van der Waals surface area contributed by atoms with Crippen molar-refractivity contribution in [1.29, 1.82) is 0 Å². The lowest BCUT2D eigenvalue weighted by Gasteiger charge is -2.20. The van der Waals surface area contributed by atoms with Crippen molar-refractivity contribution in [3.05, 3.63) is 45.6 Å². The van der Waals surface area contributed by atoms with Gasteiger partial charge in [-0.1, -0.05) is 13.0 Å². The average Bonchev–Trinajstić information content (AvgIpc) is 3.16. The van der Waals surface area contributed by atoms with Crippen LogP contribution in [0.5, 0.6) is 0 Å². The highest BCUT2D eigenvalue weighted by atomic mass is 32.1. The van der Waals surface area contributed by atoms with Gasteiger partial charge in [-0.3, -0.25) is 0 Å². The number of fused-ring (bicyclic) bond motifs is 2. The first-order valence-corrected chi connectivity index (χ1v) is 8.43. The van der Waals surface area contributed by atoms with Crippen molar-refractivity contribution in [3.63, 3.8) is 0 Å². The summed E-state index contributed by atoms with van der Waals surface area (Å²) in [7, 11) is 0. The molecule has 1 saturated heterocycles. The zero-order valence-electron chi connectivity index (χ0n) is 12.2. The molecule has 3 heterocycles. The first-order valence-electron chi connectivity index (χ1n) is 7.55. The van der Waals surface area contributed by atoms with E-state index >= 15 is 0 Å². The van der Waals surface area contributed by atoms with Crippen LogP contribution >= 0.6 is 11.3 Å². The van der Waals surface area contributed by atoms with Crippen LogP contribution < -0.4 is 10.6 Å². The minimum absolute atomic E-state index is 0.346. The molecular weight excluding hydrogens is 278 g/mol. The number of rotatable bonds is 1. The number of amidine groups is 1. The van der Waals surface area contributed by atoms with Crippen molar-refractivity contribution < 1.29 is 0 Å². The molecule has 0 radical (unpaired) electrons. The molecule has 4 rings (SSSR count). The molecule has 1 fully saturated rings. The lowest BCUT2D eigenvalue weighted by atomic mass is 9.92. The summed E-state index contributed by atoms with van der Waals surface area (Å²) in [5, 5.41) is 2.10. The summed E-state index contributed by atoms with van der Waals surface area (Å²) in [5.41, 5.74) is 11.1. The fraction of sp³-hybridized carbons (Fsp3) is 0.353. The summed E-state index contributed by atoms with van der Waals surface area (Å²) in [6.07, 6.45) is 2.58. The highest BCUT2D eigenvalue weighted by Gasteiger charge is 2.23. The lowest BCUT2D eigenvalue weighted by molar-refractivity contribution is 0.925. The molecule has 2 aromatic rings. The third-order valence-corrected chi connectivity index (χ3v) is 5.54. The molecule has 1 aromatic carbocycles. The number of hydrogen-bond donors (Lipinski definition) is 1.